The lowest BCUT2D eigenvalue weighted by Crippen LogP contribution is -2.42. The van der Waals surface area contributed by atoms with Gasteiger partial charge in [0.2, 0.25) is 0 Å². The summed E-state index contributed by atoms with van der Waals surface area (Å²) in [4.78, 5) is 22.2. The van der Waals surface area contributed by atoms with E-state index in [2.05, 4.69) is 26.6 Å². The Bertz CT molecular complexity index is 468. The Hall–Kier alpha value is -1.63. The zero-order valence-electron chi connectivity index (χ0n) is 9.54. The molecule has 0 heterocycles. The average Bonchev–Trinajstić information content (AvgIpc) is 2.30. The molecule has 7 heteroatoms. The van der Waals surface area contributed by atoms with E-state index in [0.29, 0.717) is 5.69 Å². The highest BCUT2D eigenvalue weighted by atomic mass is 79.9. The Labute approximate surface area is 112 Å². The van der Waals surface area contributed by atoms with Crippen LogP contribution in [0, 0.1) is 5.82 Å². The molecule has 0 bridgehead atoms. The highest BCUT2D eigenvalue weighted by molar-refractivity contribution is 9.10. The lowest BCUT2D eigenvalue weighted by Gasteiger charge is -2.13. The second-order valence-corrected chi connectivity index (χ2v) is 4.38. The molecule has 0 aromatic heterocycles. The van der Waals surface area contributed by atoms with Gasteiger partial charge < -0.3 is 15.7 Å². The number of rotatable bonds is 4. The molecule has 0 saturated carbocycles. The minimum absolute atomic E-state index is 0.213. The van der Waals surface area contributed by atoms with Gasteiger partial charge in [-0.2, -0.15) is 0 Å². The summed E-state index contributed by atoms with van der Waals surface area (Å²) in [5.41, 5.74) is 0.362. The van der Waals surface area contributed by atoms with Crippen LogP contribution in [0.25, 0.3) is 0 Å². The van der Waals surface area contributed by atoms with E-state index in [1.165, 1.54) is 18.2 Å². The molecule has 1 rings (SSSR count). The molecule has 0 fully saturated rings. The van der Waals surface area contributed by atoms with Gasteiger partial charge in [-0.15, -0.1) is 0 Å². The van der Waals surface area contributed by atoms with Gasteiger partial charge in [0, 0.05) is 5.69 Å². The van der Waals surface area contributed by atoms with Crippen LogP contribution in [-0.4, -0.2) is 23.1 Å². The SMILES string of the molecule is CC[C@@H](NC(=O)Nc1ccc(F)c(Br)c1)C(=O)O. The number of carboxylic acid groups (broad SMARTS) is 1. The van der Waals surface area contributed by atoms with E-state index in [9.17, 15) is 14.0 Å². The summed E-state index contributed by atoms with van der Waals surface area (Å²) < 4.78 is 13.2. The fourth-order valence-electron chi connectivity index (χ4n) is 1.24. The van der Waals surface area contributed by atoms with E-state index in [4.69, 9.17) is 5.11 Å². The average molecular weight is 319 g/mol. The maximum absolute atomic E-state index is 13.0. The Morgan fingerprint density at radius 3 is 2.67 bits per heavy atom. The van der Waals surface area contributed by atoms with Gasteiger partial charge in [-0.05, 0) is 40.5 Å². The first kappa shape index (κ1) is 14.4. The van der Waals surface area contributed by atoms with Crippen molar-refractivity contribution in [2.45, 2.75) is 19.4 Å². The second kappa shape index (κ2) is 6.34. The minimum Gasteiger partial charge on any atom is -0.480 e. The number of amides is 2. The van der Waals surface area contributed by atoms with Crippen LogP contribution in [-0.2, 0) is 4.79 Å². The van der Waals surface area contributed by atoms with Crippen molar-refractivity contribution < 1.29 is 19.1 Å². The van der Waals surface area contributed by atoms with E-state index in [-0.39, 0.29) is 10.9 Å². The number of nitrogens with one attached hydrogen (secondary N) is 2. The zero-order valence-corrected chi connectivity index (χ0v) is 11.1. The van der Waals surface area contributed by atoms with Gasteiger partial charge >= 0.3 is 12.0 Å². The molecule has 3 N–H and O–H groups in total. The van der Waals surface area contributed by atoms with Crippen LogP contribution in [0.5, 0.6) is 0 Å². The van der Waals surface area contributed by atoms with Crippen molar-refractivity contribution in [2.24, 2.45) is 0 Å². The maximum Gasteiger partial charge on any atom is 0.326 e. The molecule has 2 amide bonds. The predicted octanol–water partition coefficient (Wildman–Crippen LogP) is 2.57. The monoisotopic (exact) mass is 318 g/mol. The number of carboxylic acids is 1. The number of carbonyl (C=O) groups is 2. The lowest BCUT2D eigenvalue weighted by atomic mass is 10.2. The third kappa shape index (κ3) is 3.99. The zero-order chi connectivity index (χ0) is 13.7. The van der Waals surface area contributed by atoms with Gasteiger partial charge in [0.25, 0.3) is 0 Å². The molecule has 0 aliphatic rings. The van der Waals surface area contributed by atoms with Crippen molar-refractivity contribution in [3.63, 3.8) is 0 Å². The van der Waals surface area contributed by atoms with Crippen LogP contribution in [0.1, 0.15) is 13.3 Å². The Morgan fingerprint density at radius 1 is 1.50 bits per heavy atom. The molecule has 1 aromatic rings. The molecule has 0 radical (unpaired) electrons. The number of hydrogen-bond donors (Lipinski definition) is 3. The molecule has 1 aromatic carbocycles. The molecule has 1 atom stereocenters. The number of anilines is 1. The number of aliphatic carboxylic acids is 1. The van der Waals surface area contributed by atoms with Crippen molar-refractivity contribution in [1.29, 1.82) is 0 Å². The summed E-state index contributed by atoms with van der Waals surface area (Å²) >= 11 is 2.98. The first-order valence-electron chi connectivity index (χ1n) is 5.19. The fourth-order valence-corrected chi connectivity index (χ4v) is 1.62. The van der Waals surface area contributed by atoms with Crippen molar-refractivity contribution in [1.82, 2.24) is 5.32 Å². The van der Waals surface area contributed by atoms with E-state index < -0.39 is 23.9 Å². The van der Waals surface area contributed by atoms with Crippen LogP contribution >= 0.6 is 15.9 Å². The summed E-state index contributed by atoms with van der Waals surface area (Å²) in [6, 6.07) is 2.35. The number of halogens is 2. The fraction of sp³-hybridized carbons (Fsp3) is 0.273. The highest BCUT2D eigenvalue weighted by Gasteiger charge is 2.17. The van der Waals surface area contributed by atoms with Crippen molar-refractivity contribution in [3.8, 4) is 0 Å². The molecule has 98 valence electrons. The molecule has 0 spiro atoms. The Morgan fingerprint density at radius 2 is 2.17 bits per heavy atom. The minimum atomic E-state index is -1.10. The standard InChI is InChI=1S/C11H12BrFN2O3/c1-2-9(10(16)17)15-11(18)14-6-3-4-8(13)7(12)5-6/h3-5,9H,2H2,1H3,(H,16,17)(H2,14,15,18)/t9-/m1/s1. The van der Waals surface area contributed by atoms with Gasteiger partial charge in [0.05, 0.1) is 4.47 Å². The van der Waals surface area contributed by atoms with Crippen LogP contribution in [0.15, 0.2) is 22.7 Å². The smallest absolute Gasteiger partial charge is 0.326 e. The van der Waals surface area contributed by atoms with E-state index in [1.807, 2.05) is 0 Å². The lowest BCUT2D eigenvalue weighted by molar-refractivity contribution is -0.139. The molecule has 5 nitrogen and oxygen atoms in total. The summed E-state index contributed by atoms with van der Waals surface area (Å²) in [5, 5.41) is 13.5. The molecule has 0 unspecified atom stereocenters. The normalized spacial score (nSPS) is 11.7. The van der Waals surface area contributed by atoms with Crippen LogP contribution in [0.3, 0.4) is 0 Å². The molecular formula is C11H12BrFN2O3. The van der Waals surface area contributed by atoms with Crippen molar-refractivity contribution in [3.05, 3.63) is 28.5 Å². The third-order valence-electron chi connectivity index (χ3n) is 2.19. The van der Waals surface area contributed by atoms with E-state index in [1.54, 1.807) is 6.92 Å². The summed E-state index contributed by atoms with van der Waals surface area (Å²) in [5.74, 6) is -1.55. The van der Waals surface area contributed by atoms with Gasteiger partial charge in [-0.3, -0.25) is 0 Å². The van der Waals surface area contributed by atoms with Crippen molar-refractivity contribution in [2.75, 3.05) is 5.32 Å². The molecule has 18 heavy (non-hydrogen) atoms. The molecule has 0 aliphatic heterocycles. The number of urea groups is 1. The summed E-state index contributed by atoms with van der Waals surface area (Å²) in [6.07, 6.45) is 0.274. The largest absolute Gasteiger partial charge is 0.480 e. The Balaban J connectivity index is 2.64. The van der Waals surface area contributed by atoms with Crippen molar-refractivity contribution >= 4 is 33.6 Å². The topological polar surface area (TPSA) is 78.4 Å². The van der Waals surface area contributed by atoms with E-state index >= 15 is 0 Å². The first-order valence-corrected chi connectivity index (χ1v) is 5.98. The third-order valence-corrected chi connectivity index (χ3v) is 2.80. The Kier molecular flexibility index (Phi) is 5.08. The van der Waals surface area contributed by atoms with Gasteiger partial charge in [0.15, 0.2) is 0 Å². The van der Waals surface area contributed by atoms with Gasteiger partial charge in [-0.1, -0.05) is 6.92 Å². The molecular weight excluding hydrogens is 307 g/mol. The summed E-state index contributed by atoms with van der Waals surface area (Å²) in [7, 11) is 0. The quantitative estimate of drug-likeness (QED) is 0.798. The predicted molar refractivity (Wildman–Crippen MR) is 68.0 cm³/mol. The number of carbonyl (C=O) groups excluding carboxylic acids is 1. The summed E-state index contributed by atoms with van der Waals surface area (Å²) in [6.45, 7) is 1.65. The second-order valence-electron chi connectivity index (χ2n) is 3.53. The van der Waals surface area contributed by atoms with Gasteiger partial charge in [0.1, 0.15) is 11.9 Å². The first-order chi connectivity index (χ1) is 8.43. The maximum atomic E-state index is 13.0. The molecule has 0 saturated heterocycles. The number of benzene rings is 1. The molecule has 0 aliphatic carbocycles. The van der Waals surface area contributed by atoms with Crippen LogP contribution in [0.4, 0.5) is 14.9 Å². The number of hydrogen-bond acceptors (Lipinski definition) is 2. The van der Waals surface area contributed by atoms with E-state index in [0.717, 1.165) is 0 Å². The van der Waals surface area contributed by atoms with Crippen LogP contribution in [0.2, 0.25) is 0 Å². The van der Waals surface area contributed by atoms with Crippen LogP contribution < -0.4 is 10.6 Å². The van der Waals surface area contributed by atoms with Gasteiger partial charge in [-0.25, -0.2) is 14.0 Å². The highest BCUT2D eigenvalue weighted by Crippen LogP contribution is 2.19.